The number of hydrogen-bond acceptors (Lipinski definition) is 4. The van der Waals surface area contributed by atoms with Gasteiger partial charge < -0.3 is 11.1 Å². The lowest BCUT2D eigenvalue weighted by Gasteiger charge is -2.08. The molecule has 16 heavy (non-hydrogen) atoms. The van der Waals surface area contributed by atoms with Gasteiger partial charge in [-0.15, -0.1) is 11.3 Å². The number of rotatable bonds is 6. The fourth-order valence-electron chi connectivity index (χ4n) is 1.28. The van der Waals surface area contributed by atoms with Crippen LogP contribution in [0.1, 0.15) is 30.5 Å². The smallest absolute Gasteiger partial charge is 0.221 e. The van der Waals surface area contributed by atoms with Crippen LogP contribution >= 0.6 is 11.3 Å². The van der Waals surface area contributed by atoms with Gasteiger partial charge in [0.15, 0.2) is 0 Å². The maximum Gasteiger partial charge on any atom is 0.221 e. The van der Waals surface area contributed by atoms with Crippen LogP contribution in [0, 0.1) is 6.92 Å². The fraction of sp³-hybridized carbons (Fsp3) is 0.636. The molecule has 0 saturated carbocycles. The molecule has 1 heterocycles. The Kier molecular flexibility index (Phi) is 5.42. The van der Waals surface area contributed by atoms with Gasteiger partial charge in [-0.3, -0.25) is 4.79 Å². The Hall–Kier alpha value is -0.940. The Morgan fingerprint density at radius 2 is 2.44 bits per heavy atom. The number of aromatic nitrogens is 1. The molecule has 1 rings (SSSR count). The number of nitrogens with one attached hydrogen (secondary N) is 1. The molecule has 0 spiro atoms. The molecule has 0 saturated heterocycles. The van der Waals surface area contributed by atoms with Crippen LogP contribution in [0.4, 0.5) is 0 Å². The Balaban J connectivity index is 2.18. The number of thiazole rings is 1. The third-order valence-electron chi connectivity index (χ3n) is 2.30. The Morgan fingerprint density at radius 3 is 3.00 bits per heavy atom. The van der Waals surface area contributed by atoms with Gasteiger partial charge in [-0.2, -0.15) is 0 Å². The van der Waals surface area contributed by atoms with Crippen molar-refractivity contribution in [3.8, 4) is 0 Å². The van der Waals surface area contributed by atoms with Crippen molar-refractivity contribution in [3.05, 3.63) is 16.1 Å². The standard InChI is InChI=1S/C11H19N3OS/c1-3-9(12)6-10(15)13-5-4-11-14-8(2)7-16-11/h7,9H,3-6,12H2,1-2H3,(H,13,15). The van der Waals surface area contributed by atoms with E-state index >= 15 is 0 Å². The summed E-state index contributed by atoms with van der Waals surface area (Å²) in [6, 6.07) is -0.0258. The van der Waals surface area contributed by atoms with Gasteiger partial charge in [-0.1, -0.05) is 6.92 Å². The van der Waals surface area contributed by atoms with E-state index in [4.69, 9.17) is 5.73 Å². The van der Waals surface area contributed by atoms with E-state index in [0.717, 1.165) is 23.5 Å². The second kappa shape index (κ2) is 6.60. The molecule has 1 unspecified atom stereocenters. The monoisotopic (exact) mass is 241 g/mol. The summed E-state index contributed by atoms with van der Waals surface area (Å²) < 4.78 is 0. The minimum absolute atomic E-state index is 0.0258. The minimum atomic E-state index is -0.0258. The molecule has 1 aromatic heterocycles. The SMILES string of the molecule is CCC(N)CC(=O)NCCc1nc(C)cs1. The van der Waals surface area contributed by atoms with E-state index in [1.54, 1.807) is 11.3 Å². The summed E-state index contributed by atoms with van der Waals surface area (Å²) in [6.45, 7) is 4.59. The summed E-state index contributed by atoms with van der Waals surface area (Å²) in [7, 11) is 0. The molecule has 90 valence electrons. The zero-order valence-electron chi connectivity index (χ0n) is 9.82. The zero-order valence-corrected chi connectivity index (χ0v) is 10.6. The summed E-state index contributed by atoms with van der Waals surface area (Å²) >= 11 is 1.63. The largest absolute Gasteiger partial charge is 0.356 e. The van der Waals surface area contributed by atoms with Gasteiger partial charge >= 0.3 is 0 Å². The number of aryl methyl sites for hydroxylation is 1. The second-order valence-electron chi connectivity index (χ2n) is 3.86. The van der Waals surface area contributed by atoms with Crippen LogP contribution in [0.15, 0.2) is 5.38 Å². The molecule has 0 aromatic carbocycles. The first-order valence-electron chi connectivity index (χ1n) is 5.55. The van der Waals surface area contributed by atoms with E-state index in [0.29, 0.717) is 13.0 Å². The van der Waals surface area contributed by atoms with Gasteiger partial charge in [-0.05, 0) is 13.3 Å². The molecular formula is C11H19N3OS. The van der Waals surface area contributed by atoms with Crippen molar-refractivity contribution in [2.75, 3.05) is 6.54 Å². The highest BCUT2D eigenvalue weighted by atomic mass is 32.1. The van der Waals surface area contributed by atoms with Gasteiger partial charge in [0, 0.05) is 36.5 Å². The maximum absolute atomic E-state index is 11.4. The predicted octanol–water partition coefficient (Wildman–Crippen LogP) is 1.24. The predicted molar refractivity (Wildman–Crippen MR) is 66.4 cm³/mol. The molecule has 3 N–H and O–H groups in total. The van der Waals surface area contributed by atoms with Crippen molar-refractivity contribution >= 4 is 17.2 Å². The molecule has 4 nitrogen and oxygen atoms in total. The average molecular weight is 241 g/mol. The highest BCUT2D eigenvalue weighted by Crippen LogP contribution is 2.08. The lowest BCUT2D eigenvalue weighted by Crippen LogP contribution is -2.32. The Labute approximate surface area is 100 Å². The highest BCUT2D eigenvalue weighted by molar-refractivity contribution is 7.09. The van der Waals surface area contributed by atoms with Crippen LogP contribution in [0.3, 0.4) is 0 Å². The van der Waals surface area contributed by atoms with Gasteiger partial charge in [0.1, 0.15) is 0 Å². The van der Waals surface area contributed by atoms with Crippen LogP contribution in [0.2, 0.25) is 0 Å². The first kappa shape index (κ1) is 13.1. The van der Waals surface area contributed by atoms with E-state index in [1.165, 1.54) is 0 Å². The van der Waals surface area contributed by atoms with Crippen molar-refractivity contribution in [1.82, 2.24) is 10.3 Å². The summed E-state index contributed by atoms with van der Waals surface area (Å²) in [6.07, 6.45) is 2.04. The summed E-state index contributed by atoms with van der Waals surface area (Å²) in [4.78, 5) is 15.7. The number of hydrogen-bond donors (Lipinski definition) is 2. The normalized spacial score (nSPS) is 12.4. The first-order valence-corrected chi connectivity index (χ1v) is 6.43. The molecule has 0 aliphatic heterocycles. The van der Waals surface area contributed by atoms with Gasteiger partial charge in [-0.25, -0.2) is 4.98 Å². The van der Waals surface area contributed by atoms with Crippen molar-refractivity contribution in [2.45, 2.75) is 39.2 Å². The average Bonchev–Trinajstić information content (AvgIpc) is 2.64. The molecule has 0 bridgehead atoms. The van der Waals surface area contributed by atoms with Crippen LogP contribution in [0.25, 0.3) is 0 Å². The van der Waals surface area contributed by atoms with Crippen molar-refractivity contribution < 1.29 is 4.79 Å². The van der Waals surface area contributed by atoms with Crippen molar-refractivity contribution in [3.63, 3.8) is 0 Å². The molecule has 0 radical (unpaired) electrons. The lowest BCUT2D eigenvalue weighted by molar-refractivity contribution is -0.121. The number of nitrogens with zero attached hydrogens (tertiary/aromatic N) is 1. The number of amides is 1. The van der Waals surface area contributed by atoms with Crippen LogP contribution in [0.5, 0.6) is 0 Å². The molecule has 1 atom stereocenters. The lowest BCUT2D eigenvalue weighted by atomic mass is 10.1. The number of carbonyl (C=O) groups excluding carboxylic acids is 1. The molecule has 5 heteroatoms. The number of nitrogens with two attached hydrogens (primary N) is 1. The van der Waals surface area contributed by atoms with E-state index < -0.39 is 0 Å². The zero-order chi connectivity index (χ0) is 12.0. The Bertz CT molecular complexity index is 338. The van der Waals surface area contributed by atoms with E-state index in [1.807, 2.05) is 19.2 Å². The van der Waals surface area contributed by atoms with E-state index in [9.17, 15) is 4.79 Å². The van der Waals surface area contributed by atoms with Crippen molar-refractivity contribution in [2.24, 2.45) is 5.73 Å². The molecule has 0 aliphatic rings. The third kappa shape index (κ3) is 4.72. The molecule has 0 aliphatic carbocycles. The van der Waals surface area contributed by atoms with Gasteiger partial charge in [0.05, 0.1) is 5.01 Å². The summed E-state index contributed by atoms with van der Waals surface area (Å²) in [5.41, 5.74) is 6.73. The molecule has 0 fully saturated rings. The molecule has 1 aromatic rings. The topological polar surface area (TPSA) is 68.0 Å². The second-order valence-corrected chi connectivity index (χ2v) is 4.80. The first-order chi connectivity index (χ1) is 7.61. The van der Waals surface area contributed by atoms with E-state index in [2.05, 4.69) is 10.3 Å². The van der Waals surface area contributed by atoms with E-state index in [-0.39, 0.29) is 11.9 Å². The maximum atomic E-state index is 11.4. The van der Waals surface area contributed by atoms with Crippen LogP contribution in [-0.2, 0) is 11.2 Å². The van der Waals surface area contributed by atoms with Crippen LogP contribution in [-0.4, -0.2) is 23.5 Å². The van der Waals surface area contributed by atoms with Crippen LogP contribution < -0.4 is 11.1 Å². The summed E-state index contributed by atoms with van der Waals surface area (Å²) in [5.74, 6) is 0.0302. The quantitative estimate of drug-likeness (QED) is 0.787. The molecule has 1 amide bonds. The van der Waals surface area contributed by atoms with Gasteiger partial charge in [0.25, 0.3) is 0 Å². The third-order valence-corrected chi connectivity index (χ3v) is 3.33. The fourth-order valence-corrected chi connectivity index (χ4v) is 2.06. The number of carbonyl (C=O) groups is 1. The summed E-state index contributed by atoms with van der Waals surface area (Å²) in [5, 5.41) is 5.94. The highest BCUT2D eigenvalue weighted by Gasteiger charge is 2.07. The van der Waals surface area contributed by atoms with Crippen molar-refractivity contribution in [1.29, 1.82) is 0 Å². The minimum Gasteiger partial charge on any atom is -0.356 e. The Morgan fingerprint density at radius 1 is 1.69 bits per heavy atom. The van der Waals surface area contributed by atoms with Gasteiger partial charge in [0.2, 0.25) is 5.91 Å². The molecular weight excluding hydrogens is 222 g/mol.